The summed E-state index contributed by atoms with van der Waals surface area (Å²) in [4.78, 5) is 11.9. The van der Waals surface area contributed by atoms with Gasteiger partial charge >= 0.3 is 0 Å². The van der Waals surface area contributed by atoms with Gasteiger partial charge in [-0.25, -0.2) is 0 Å². The highest BCUT2D eigenvalue weighted by molar-refractivity contribution is 14.1. The molecular formula is C15H11ClINO. The predicted octanol–water partition coefficient (Wildman–Crippen LogP) is 4.51. The van der Waals surface area contributed by atoms with E-state index in [9.17, 15) is 4.79 Å². The largest absolute Gasteiger partial charge is 0.321 e. The monoisotopic (exact) mass is 383 g/mol. The lowest BCUT2D eigenvalue weighted by Crippen LogP contribution is -2.11. The number of hydrogen-bond acceptors (Lipinski definition) is 1. The van der Waals surface area contributed by atoms with Gasteiger partial charge < -0.3 is 5.32 Å². The van der Waals surface area contributed by atoms with Crippen molar-refractivity contribution in [2.75, 3.05) is 5.32 Å². The van der Waals surface area contributed by atoms with Crippen molar-refractivity contribution in [3.8, 4) is 0 Å². The highest BCUT2D eigenvalue weighted by atomic mass is 127. The normalized spacial score (nSPS) is 11.2. The topological polar surface area (TPSA) is 29.1 Å². The van der Waals surface area contributed by atoms with Crippen molar-refractivity contribution in [3.63, 3.8) is 0 Å². The summed E-state index contributed by atoms with van der Waals surface area (Å²) in [6.07, 6.45) is 1.64. The Morgan fingerprint density at radius 3 is 2.32 bits per heavy atom. The molecule has 0 aromatic heterocycles. The Balaban J connectivity index is 2.07. The van der Waals surface area contributed by atoms with E-state index in [2.05, 4.69) is 27.9 Å². The number of anilines is 1. The van der Waals surface area contributed by atoms with Crippen LogP contribution < -0.4 is 5.32 Å². The van der Waals surface area contributed by atoms with Crippen LogP contribution in [0.15, 0.2) is 59.6 Å². The molecule has 0 fully saturated rings. The van der Waals surface area contributed by atoms with Crippen LogP contribution in [0, 0.1) is 3.57 Å². The molecular weight excluding hydrogens is 373 g/mol. The van der Waals surface area contributed by atoms with Crippen LogP contribution in [0.2, 0.25) is 0 Å². The first kappa shape index (κ1) is 14.1. The molecule has 0 saturated carbocycles. The van der Waals surface area contributed by atoms with Crippen LogP contribution in [-0.2, 0) is 4.79 Å². The summed E-state index contributed by atoms with van der Waals surface area (Å²) < 4.78 is 1.11. The van der Waals surface area contributed by atoms with Crippen LogP contribution in [0.5, 0.6) is 0 Å². The minimum Gasteiger partial charge on any atom is -0.321 e. The first-order valence-electron chi connectivity index (χ1n) is 5.64. The molecule has 4 heteroatoms. The first-order chi connectivity index (χ1) is 9.15. The molecule has 2 nitrogen and oxygen atoms in total. The number of halogens is 2. The van der Waals surface area contributed by atoms with Crippen LogP contribution in [0.4, 0.5) is 5.69 Å². The average Bonchev–Trinajstić information content (AvgIpc) is 2.42. The fourth-order valence-corrected chi connectivity index (χ4v) is 2.02. The molecule has 0 heterocycles. The molecule has 1 N–H and O–H groups in total. The number of hydrogen-bond donors (Lipinski definition) is 1. The zero-order valence-corrected chi connectivity index (χ0v) is 12.9. The number of carbonyl (C=O) groups is 1. The predicted molar refractivity (Wildman–Crippen MR) is 88.1 cm³/mol. The summed E-state index contributed by atoms with van der Waals surface area (Å²) in [5.41, 5.74) is 1.62. The average molecular weight is 384 g/mol. The summed E-state index contributed by atoms with van der Waals surface area (Å²) in [5, 5.41) is 2.90. The van der Waals surface area contributed by atoms with E-state index in [-0.39, 0.29) is 10.9 Å². The van der Waals surface area contributed by atoms with E-state index in [0.29, 0.717) is 0 Å². The molecule has 0 unspecified atom stereocenters. The van der Waals surface area contributed by atoms with E-state index >= 15 is 0 Å². The summed E-state index contributed by atoms with van der Waals surface area (Å²) in [7, 11) is 0. The number of carbonyl (C=O) groups excluding carboxylic acids is 1. The summed E-state index contributed by atoms with van der Waals surface area (Å²) in [6.45, 7) is 0. The van der Waals surface area contributed by atoms with Crippen LogP contribution in [0.3, 0.4) is 0 Å². The quantitative estimate of drug-likeness (QED) is 0.613. The Bertz CT molecular complexity index is 593. The van der Waals surface area contributed by atoms with E-state index in [1.54, 1.807) is 6.08 Å². The van der Waals surface area contributed by atoms with Gasteiger partial charge in [-0.15, -0.1) is 0 Å². The second-order valence-corrected chi connectivity index (χ2v) is 5.52. The van der Waals surface area contributed by atoms with Crippen LogP contribution >= 0.6 is 34.2 Å². The van der Waals surface area contributed by atoms with Crippen LogP contribution in [-0.4, -0.2) is 5.91 Å². The summed E-state index contributed by atoms with van der Waals surface area (Å²) in [5.74, 6) is -0.313. The van der Waals surface area contributed by atoms with Gasteiger partial charge in [-0.05, 0) is 58.5 Å². The Morgan fingerprint density at radius 1 is 1.05 bits per heavy atom. The third kappa shape index (κ3) is 4.36. The van der Waals surface area contributed by atoms with Crippen molar-refractivity contribution in [1.82, 2.24) is 0 Å². The lowest BCUT2D eigenvalue weighted by molar-refractivity contribution is -0.112. The minimum atomic E-state index is -0.313. The molecule has 0 bridgehead atoms. The van der Waals surface area contributed by atoms with Crippen molar-refractivity contribution in [2.45, 2.75) is 0 Å². The van der Waals surface area contributed by atoms with Crippen molar-refractivity contribution in [1.29, 1.82) is 0 Å². The second kappa shape index (κ2) is 6.73. The van der Waals surface area contributed by atoms with E-state index in [4.69, 9.17) is 11.6 Å². The maximum absolute atomic E-state index is 11.9. The molecule has 0 radical (unpaired) electrons. The molecule has 0 aliphatic rings. The minimum absolute atomic E-state index is 0.157. The van der Waals surface area contributed by atoms with Crippen molar-refractivity contribution >= 4 is 51.9 Å². The highest BCUT2D eigenvalue weighted by Gasteiger charge is 2.06. The maximum Gasteiger partial charge on any atom is 0.267 e. The number of nitrogens with one attached hydrogen (secondary N) is 1. The van der Waals surface area contributed by atoms with Gasteiger partial charge in [0.25, 0.3) is 5.91 Å². The highest BCUT2D eigenvalue weighted by Crippen LogP contribution is 2.15. The molecule has 0 atom stereocenters. The third-order valence-electron chi connectivity index (χ3n) is 2.41. The van der Waals surface area contributed by atoms with Gasteiger partial charge in [-0.1, -0.05) is 41.9 Å². The van der Waals surface area contributed by atoms with Gasteiger partial charge in [0.05, 0.1) is 0 Å². The standard InChI is InChI=1S/C15H11ClINO/c16-14(10-11-4-2-1-3-5-11)15(19)18-13-8-6-12(17)7-9-13/h1-10H,(H,18,19)/b14-10+. The third-order valence-corrected chi connectivity index (χ3v) is 3.41. The number of amides is 1. The smallest absolute Gasteiger partial charge is 0.267 e. The molecule has 96 valence electrons. The van der Waals surface area contributed by atoms with Gasteiger partial charge in [0.2, 0.25) is 0 Å². The molecule has 0 spiro atoms. The molecule has 0 saturated heterocycles. The van der Waals surface area contributed by atoms with E-state index in [1.165, 1.54) is 0 Å². The number of benzene rings is 2. The van der Waals surface area contributed by atoms with Crippen molar-refractivity contribution in [3.05, 3.63) is 68.8 Å². The van der Waals surface area contributed by atoms with Crippen LogP contribution in [0.1, 0.15) is 5.56 Å². The van der Waals surface area contributed by atoms with E-state index in [1.807, 2.05) is 54.6 Å². The van der Waals surface area contributed by atoms with E-state index in [0.717, 1.165) is 14.8 Å². The summed E-state index contributed by atoms with van der Waals surface area (Å²) >= 11 is 8.20. The van der Waals surface area contributed by atoms with Gasteiger partial charge in [0, 0.05) is 9.26 Å². The van der Waals surface area contributed by atoms with E-state index < -0.39 is 0 Å². The molecule has 1 amide bonds. The Labute approximate surface area is 130 Å². The van der Waals surface area contributed by atoms with Crippen molar-refractivity contribution in [2.24, 2.45) is 0 Å². The molecule has 2 aromatic carbocycles. The first-order valence-corrected chi connectivity index (χ1v) is 7.10. The zero-order chi connectivity index (χ0) is 13.7. The molecule has 0 aliphatic carbocycles. The SMILES string of the molecule is O=C(Nc1ccc(I)cc1)/C(Cl)=C\c1ccccc1. The fraction of sp³-hybridized carbons (Fsp3) is 0. The number of rotatable bonds is 3. The summed E-state index contributed by atoms with van der Waals surface area (Å²) in [6, 6.07) is 17.0. The second-order valence-electron chi connectivity index (χ2n) is 3.86. The Kier molecular flexibility index (Phi) is 4.99. The lowest BCUT2D eigenvalue weighted by atomic mass is 10.2. The maximum atomic E-state index is 11.9. The molecule has 2 rings (SSSR count). The Morgan fingerprint density at radius 2 is 1.68 bits per heavy atom. The van der Waals surface area contributed by atoms with Gasteiger partial charge in [-0.3, -0.25) is 4.79 Å². The molecule has 2 aromatic rings. The lowest BCUT2D eigenvalue weighted by Gasteiger charge is -2.04. The molecule has 0 aliphatic heterocycles. The molecule has 19 heavy (non-hydrogen) atoms. The zero-order valence-electron chi connectivity index (χ0n) is 9.94. The fourth-order valence-electron chi connectivity index (χ4n) is 1.49. The van der Waals surface area contributed by atoms with Gasteiger partial charge in [0.15, 0.2) is 0 Å². The van der Waals surface area contributed by atoms with Gasteiger partial charge in [-0.2, -0.15) is 0 Å². The van der Waals surface area contributed by atoms with Gasteiger partial charge in [0.1, 0.15) is 5.03 Å². The van der Waals surface area contributed by atoms with Crippen molar-refractivity contribution < 1.29 is 4.79 Å². The Hall–Kier alpha value is -1.33. The van der Waals surface area contributed by atoms with Crippen LogP contribution in [0.25, 0.3) is 6.08 Å².